The SMILES string of the molecule is CC(C#N)CNC(=O)c1ccc2ccccc2c1O. The first kappa shape index (κ1) is 12.9. The molecule has 0 heterocycles. The van der Waals surface area contributed by atoms with Crippen LogP contribution < -0.4 is 5.32 Å². The molecule has 2 aromatic carbocycles. The molecule has 2 rings (SSSR count). The fourth-order valence-electron chi connectivity index (χ4n) is 1.83. The van der Waals surface area contributed by atoms with Gasteiger partial charge in [-0.2, -0.15) is 5.26 Å². The van der Waals surface area contributed by atoms with E-state index in [0.29, 0.717) is 5.39 Å². The van der Waals surface area contributed by atoms with Gasteiger partial charge in [-0.05, 0) is 18.4 Å². The van der Waals surface area contributed by atoms with Crippen LogP contribution in [0.5, 0.6) is 5.75 Å². The highest BCUT2D eigenvalue weighted by Crippen LogP contribution is 2.28. The molecule has 0 spiro atoms. The lowest BCUT2D eigenvalue weighted by Gasteiger charge is -2.09. The number of carbonyl (C=O) groups excluding carboxylic acids is 1. The zero-order valence-electron chi connectivity index (χ0n) is 10.6. The number of hydrogen-bond donors (Lipinski definition) is 2. The quantitative estimate of drug-likeness (QED) is 0.883. The molecule has 0 aliphatic carbocycles. The van der Waals surface area contributed by atoms with Crippen molar-refractivity contribution in [1.29, 1.82) is 5.26 Å². The number of amides is 1. The Morgan fingerprint density at radius 3 is 2.84 bits per heavy atom. The van der Waals surface area contributed by atoms with E-state index >= 15 is 0 Å². The summed E-state index contributed by atoms with van der Waals surface area (Å²) in [5.74, 6) is -0.655. The predicted molar refractivity (Wildman–Crippen MR) is 72.7 cm³/mol. The van der Waals surface area contributed by atoms with Crippen molar-refractivity contribution in [3.63, 3.8) is 0 Å². The van der Waals surface area contributed by atoms with E-state index in [1.807, 2.05) is 24.3 Å². The first-order valence-corrected chi connectivity index (χ1v) is 6.02. The topological polar surface area (TPSA) is 73.1 Å². The largest absolute Gasteiger partial charge is 0.506 e. The van der Waals surface area contributed by atoms with Gasteiger partial charge in [0, 0.05) is 11.9 Å². The highest BCUT2D eigenvalue weighted by atomic mass is 16.3. The third-order valence-electron chi connectivity index (χ3n) is 2.93. The molecular weight excluding hydrogens is 240 g/mol. The summed E-state index contributed by atoms with van der Waals surface area (Å²) >= 11 is 0. The molecule has 0 aliphatic heterocycles. The van der Waals surface area contributed by atoms with Gasteiger partial charge in [-0.3, -0.25) is 4.79 Å². The minimum absolute atomic E-state index is 0.0276. The number of carbonyl (C=O) groups is 1. The zero-order valence-corrected chi connectivity index (χ0v) is 10.6. The van der Waals surface area contributed by atoms with Gasteiger partial charge in [0.1, 0.15) is 5.75 Å². The Morgan fingerprint density at radius 2 is 2.11 bits per heavy atom. The van der Waals surface area contributed by atoms with Crippen LogP contribution in [0.1, 0.15) is 17.3 Å². The molecule has 19 heavy (non-hydrogen) atoms. The smallest absolute Gasteiger partial charge is 0.255 e. The number of aromatic hydroxyl groups is 1. The van der Waals surface area contributed by atoms with Crippen molar-refractivity contribution >= 4 is 16.7 Å². The Balaban J connectivity index is 2.28. The summed E-state index contributed by atoms with van der Waals surface area (Å²) in [5.41, 5.74) is 0.226. The Hall–Kier alpha value is -2.54. The van der Waals surface area contributed by atoms with Crippen molar-refractivity contribution in [2.24, 2.45) is 5.92 Å². The maximum atomic E-state index is 11.9. The van der Waals surface area contributed by atoms with Crippen molar-refractivity contribution in [2.75, 3.05) is 6.54 Å². The third-order valence-corrected chi connectivity index (χ3v) is 2.93. The number of fused-ring (bicyclic) bond motifs is 1. The molecule has 2 N–H and O–H groups in total. The fourth-order valence-corrected chi connectivity index (χ4v) is 1.83. The van der Waals surface area contributed by atoms with Gasteiger partial charge in [-0.1, -0.05) is 30.3 Å². The normalized spacial score (nSPS) is 11.8. The summed E-state index contributed by atoms with van der Waals surface area (Å²) in [7, 11) is 0. The number of phenols is 1. The van der Waals surface area contributed by atoms with Gasteiger partial charge >= 0.3 is 0 Å². The number of nitrogens with zero attached hydrogens (tertiary/aromatic N) is 1. The Morgan fingerprint density at radius 1 is 1.37 bits per heavy atom. The van der Waals surface area contributed by atoms with Gasteiger partial charge < -0.3 is 10.4 Å². The minimum Gasteiger partial charge on any atom is -0.506 e. The summed E-state index contributed by atoms with van der Waals surface area (Å²) in [4.78, 5) is 11.9. The lowest BCUT2D eigenvalue weighted by Crippen LogP contribution is -2.27. The van der Waals surface area contributed by atoms with E-state index < -0.39 is 0 Å². The maximum Gasteiger partial charge on any atom is 0.255 e. The molecule has 1 amide bonds. The van der Waals surface area contributed by atoms with Crippen LogP contribution in [0.15, 0.2) is 36.4 Å². The zero-order chi connectivity index (χ0) is 13.8. The molecule has 1 unspecified atom stereocenters. The number of benzene rings is 2. The van der Waals surface area contributed by atoms with E-state index in [1.165, 1.54) is 0 Å². The molecule has 1 atom stereocenters. The van der Waals surface area contributed by atoms with Gasteiger partial charge in [-0.15, -0.1) is 0 Å². The minimum atomic E-state index is -0.370. The number of hydrogen-bond acceptors (Lipinski definition) is 3. The predicted octanol–water partition coefficient (Wildman–Crippen LogP) is 2.43. The Labute approximate surface area is 111 Å². The summed E-state index contributed by atoms with van der Waals surface area (Å²) < 4.78 is 0. The average molecular weight is 254 g/mol. The van der Waals surface area contributed by atoms with E-state index in [4.69, 9.17) is 5.26 Å². The summed E-state index contributed by atoms with van der Waals surface area (Å²) in [6, 6.07) is 12.7. The lowest BCUT2D eigenvalue weighted by atomic mass is 10.0. The first-order chi connectivity index (χ1) is 9.13. The molecule has 96 valence electrons. The van der Waals surface area contributed by atoms with E-state index in [-0.39, 0.29) is 29.7 Å². The second kappa shape index (κ2) is 5.40. The third kappa shape index (κ3) is 2.66. The Bertz CT molecular complexity index is 659. The highest BCUT2D eigenvalue weighted by molar-refractivity contribution is 6.03. The highest BCUT2D eigenvalue weighted by Gasteiger charge is 2.14. The van der Waals surface area contributed by atoms with E-state index in [1.54, 1.807) is 25.1 Å². The number of nitriles is 1. The molecule has 0 saturated carbocycles. The van der Waals surface area contributed by atoms with Crippen LogP contribution >= 0.6 is 0 Å². The number of nitrogens with one attached hydrogen (secondary N) is 1. The van der Waals surface area contributed by atoms with E-state index in [0.717, 1.165) is 5.39 Å². The first-order valence-electron chi connectivity index (χ1n) is 6.02. The molecule has 0 aromatic heterocycles. The van der Waals surface area contributed by atoms with Crippen LogP contribution in [0, 0.1) is 17.2 Å². The second-order valence-electron chi connectivity index (χ2n) is 4.42. The fraction of sp³-hybridized carbons (Fsp3) is 0.200. The van der Waals surface area contributed by atoms with Gasteiger partial charge in [0.25, 0.3) is 5.91 Å². The van der Waals surface area contributed by atoms with Crippen LogP contribution in [-0.2, 0) is 0 Å². The molecule has 0 saturated heterocycles. The van der Waals surface area contributed by atoms with Crippen molar-refractivity contribution in [2.45, 2.75) is 6.92 Å². The van der Waals surface area contributed by atoms with Gasteiger partial charge in [0.2, 0.25) is 0 Å². The maximum absolute atomic E-state index is 11.9. The number of rotatable bonds is 3. The van der Waals surface area contributed by atoms with Crippen molar-refractivity contribution < 1.29 is 9.90 Å². The van der Waals surface area contributed by atoms with Crippen LogP contribution in [-0.4, -0.2) is 17.6 Å². The van der Waals surface area contributed by atoms with Gasteiger partial charge in [0.15, 0.2) is 0 Å². The van der Waals surface area contributed by atoms with Crippen molar-refractivity contribution in [3.8, 4) is 11.8 Å². The van der Waals surface area contributed by atoms with Crippen LogP contribution in [0.3, 0.4) is 0 Å². The molecule has 4 nitrogen and oxygen atoms in total. The monoisotopic (exact) mass is 254 g/mol. The van der Waals surface area contributed by atoms with Crippen LogP contribution in [0.25, 0.3) is 10.8 Å². The molecule has 0 fully saturated rings. The molecule has 0 radical (unpaired) electrons. The second-order valence-corrected chi connectivity index (χ2v) is 4.42. The molecular formula is C15H14N2O2. The number of phenolic OH excluding ortho intramolecular Hbond substituents is 1. The van der Waals surface area contributed by atoms with Gasteiger partial charge in [0.05, 0.1) is 17.6 Å². The van der Waals surface area contributed by atoms with Crippen LogP contribution in [0.2, 0.25) is 0 Å². The summed E-state index contributed by atoms with van der Waals surface area (Å²) in [6.07, 6.45) is 0. The molecule has 4 heteroatoms. The summed E-state index contributed by atoms with van der Waals surface area (Å²) in [5, 5.41) is 22.9. The molecule has 2 aromatic rings. The molecule has 0 bridgehead atoms. The average Bonchev–Trinajstić information content (AvgIpc) is 2.45. The Kier molecular flexibility index (Phi) is 3.67. The van der Waals surface area contributed by atoms with E-state index in [2.05, 4.69) is 5.32 Å². The van der Waals surface area contributed by atoms with Crippen molar-refractivity contribution in [3.05, 3.63) is 42.0 Å². The van der Waals surface area contributed by atoms with Gasteiger partial charge in [-0.25, -0.2) is 0 Å². The lowest BCUT2D eigenvalue weighted by molar-refractivity contribution is 0.0948. The molecule has 0 aliphatic rings. The summed E-state index contributed by atoms with van der Waals surface area (Å²) in [6.45, 7) is 1.99. The van der Waals surface area contributed by atoms with Crippen molar-refractivity contribution in [1.82, 2.24) is 5.32 Å². The van der Waals surface area contributed by atoms with E-state index in [9.17, 15) is 9.90 Å². The standard InChI is InChI=1S/C15H14N2O2/c1-10(8-16)9-17-15(19)13-7-6-11-4-2-3-5-12(11)14(13)18/h2-7,10,18H,9H2,1H3,(H,17,19). The van der Waals surface area contributed by atoms with Crippen LogP contribution in [0.4, 0.5) is 0 Å².